The molecule has 0 aromatic heterocycles. The van der Waals surface area contributed by atoms with Crippen molar-refractivity contribution in [2.24, 2.45) is 5.41 Å². The zero-order valence-electron chi connectivity index (χ0n) is 17.9. The van der Waals surface area contributed by atoms with Crippen molar-refractivity contribution < 1.29 is 20.3 Å². The molecule has 0 unspecified atom stereocenters. The van der Waals surface area contributed by atoms with E-state index < -0.39 is 6.10 Å². The molecule has 1 fully saturated rings. The summed E-state index contributed by atoms with van der Waals surface area (Å²) < 4.78 is 5.78. The number of nitrogens with two attached hydrogens (primary N) is 1. The first-order valence-electron chi connectivity index (χ1n) is 10.5. The second-order valence-corrected chi connectivity index (χ2v) is 10.2. The Morgan fingerprint density at radius 1 is 1.04 bits per heavy atom. The molecule has 2 rings (SSSR count). The predicted molar refractivity (Wildman–Crippen MR) is 110 cm³/mol. The Morgan fingerprint density at radius 3 is 2.19 bits per heavy atom. The van der Waals surface area contributed by atoms with Gasteiger partial charge in [0, 0.05) is 12.8 Å². The van der Waals surface area contributed by atoms with E-state index in [2.05, 4.69) is 52.1 Å². The number of hydrogen-bond acceptors (Lipinski definition) is 3. The van der Waals surface area contributed by atoms with Gasteiger partial charge in [-0.1, -0.05) is 46.8 Å². The van der Waals surface area contributed by atoms with Crippen LogP contribution in [0.4, 0.5) is 0 Å². The number of hydrogen-bond donors (Lipinski definition) is 3. The summed E-state index contributed by atoms with van der Waals surface area (Å²) in [7, 11) is 0. The maximum atomic E-state index is 10.2. The summed E-state index contributed by atoms with van der Waals surface area (Å²) in [4.78, 5) is 0. The Labute approximate surface area is 165 Å². The highest BCUT2D eigenvalue weighted by atomic mass is 16.5. The molecule has 1 atom stereocenters. The third kappa shape index (κ3) is 7.81. The van der Waals surface area contributed by atoms with Crippen molar-refractivity contribution >= 4 is 0 Å². The third-order valence-corrected chi connectivity index (χ3v) is 5.53. The molecule has 0 heterocycles. The van der Waals surface area contributed by atoms with Gasteiger partial charge < -0.3 is 20.3 Å². The van der Waals surface area contributed by atoms with Crippen LogP contribution in [0.5, 0.6) is 5.75 Å². The first-order valence-corrected chi connectivity index (χ1v) is 10.5. The van der Waals surface area contributed by atoms with Gasteiger partial charge in [0.05, 0.1) is 12.1 Å². The maximum absolute atomic E-state index is 10.2. The minimum atomic E-state index is -0.478. The lowest BCUT2D eigenvalue weighted by Gasteiger charge is -2.33. The number of rotatable bonds is 8. The van der Waals surface area contributed by atoms with Crippen LogP contribution < -0.4 is 10.1 Å². The van der Waals surface area contributed by atoms with Crippen molar-refractivity contribution in [1.29, 1.82) is 0 Å². The monoisotopic (exact) mass is 378 g/mol. The number of quaternary nitrogens is 1. The van der Waals surface area contributed by atoms with E-state index in [0.29, 0.717) is 19.2 Å². The van der Waals surface area contributed by atoms with Gasteiger partial charge in [0.15, 0.2) is 0 Å². The molecule has 0 saturated heterocycles. The molecule has 0 bridgehead atoms. The molecular formula is C23H40NO3+. The second-order valence-electron chi connectivity index (χ2n) is 10.2. The average Bonchev–Trinajstić information content (AvgIpc) is 2.58. The highest BCUT2D eigenvalue weighted by molar-refractivity contribution is 5.31. The molecule has 0 radical (unpaired) electrons. The number of aliphatic hydroxyl groups is 2. The smallest absolute Gasteiger partial charge is 0.137 e. The van der Waals surface area contributed by atoms with Gasteiger partial charge in [0.25, 0.3) is 0 Å². The molecule has 0 amide bonds. The van der Waals surface area contributed by atoms with Crippen molar-refractivity contribution in [3.8, 4) is 5.75 Å². The van der Waals surface area contributed by atoms with E-state index in [1.54, 1.807) is 0 Å². The Morgan fingerprint density at radius 2 is 1.63 bits per heavy atom. The van der Waals surface area contributed by atoms with Crippen LogP contribution in [0, 0.1) is 5.41 Å². The topological polar surface area (TPSA) is 66.3 Å². The van der Waals surface area contributed by atoms with Crippen LogP contribution in [0.3, 0.4) is 0 Å². The van der Waals surface area contributed by atoms with Gasteiger partial charge in [-0.3, -0.25) is 0 Å². The first kappa shape index (κ1) is 22.2. The zero-order chi connectivity index (χ0) is 20.1. The van der Waals surface area contributed by atoms with E-state index in [9.17, 15) is 10.2 Å². The number of benzene rings is 1. The molecular weight excluding hydrogens is 338 g/mol. The molecule has 1 aromatic carbocycles. The lowest BCUT2D eigenvalue weighted by atomic mass is 9.72. The maximum Gasteiger partial charge on any atom is 0.137 e. The van der Waals surface area contributed by atoms with E-state index >= 15 is 0 Å². The summed E-state index contributed by atoms with van der Waals surface area (Å²) in [5.74, 6) is 0.810. The van der Waals surface area contributed by atoms with Crippen molar-refractivity contribution in [1.82, 2.24) is 0 Å². The van der Waals surface area contributed by atoms with Crippen molar-refractivity contribution in [2.45, 2.75) is 90.4 Å². The van der Waals surface area contributed by atoms with E-state index in [0.717, 1.165) is 37.9 Å². The summed E-state index contributed by atoms with van der Waals surface area (Å²) in [5, 5.41) is 22.0. The Bertz CT molecular complexity index is 554. The minimum absolute atomic E-state index is 0.124. The molecule has 27 heavy (non-hydrogen) atoms. The minimum Gasteiger partial charge on any atom is -0.491 e. The molecule has 4 nitrogen and oxygen atoms in total. The molecule has 1 saturated carbocycles. The second kappa shape index (κ2) is 9.40. The third-order valence-electron chi connectivity index (χ3n) is 5.53. The molecule has 1 aromatic rings. The van der Waals surface area contributed by atoms with Crippen molar-refractivity contribution in [2.75, 3.05) is 13.2 Å². The fourth-order valence-electron chi connectivity index (χ4n) is 4.38. The normalized spacial score (nSPS) is 22.5. The van der Waals surface area contributed by atoms with Gasteiger partial charge >= 0.3 is 0 Å². The molecule has 0 spiro atoms. The molecule has 4 heteroatoms. The van der Waals surface area contributed by atoms with E-state index in [1.165, 1.54) is 5.56 Å². The van der Waals surface area contributed by atoms with Crippen LogP contribution in [-0.4, -0.2) is 41.6 Å². The summed E-state index contributed by atoms with van der Waals surface area (Å²) in [6, 6.07) is 8.84. The van der Waals surface area contributed by atoms with Crippen molar-refractivity contribution in [3.63, 3.8) is 0 Å². The number of aliphatic hydroxyl groups excluding tert-OH is 2. The zero-order valence-corrected chi connectivity index (χ0v) is 17.9. The van der Waals surface area contributed by atoms with Gasteiger partial charge in [-0.25, -0.2) is 0 Å². The highest BCUT2D eigenvalue weighted by Crippen LogP contribution is 2.36. The SMILES string of the molecule is CC(C)(C)CC(C)(C)c1ccc(OC[C@H](O)C[NH2+]C2CCC(O)CC2)cc1. The summed E-state index contributed by atoms with van der Waals surface area (Å²) in [5.41, 5.74) is 1.73. The average molecular weight is 379 g/mol. The quantitative estimate of drug-likeness (QED) is 0.651. The van der Waals surface area contributed by atoms with E-state index in [-0.39, 0.29) is 16.9 Å². The molecule has 154 valence electrons. The van der Waals surface area contributed by atoms with Gasteiger partial charge in [0.2, 0.25) is 0 Å². The Hall–Kier alpha value is -1.10. The van der Waals surface area contributed by atoms with E-state index in [1.807, 2.05) is 12.1 Å². The first-order chi connectivity index (χ1) is 12.5. The fourth-order valence-corrected chi connectivity index (χ4v) is 4.38. The molecule has 1 aliphatic rings. The molecule has 4 N–H and O–H groups in total. The lowest BCUT2D eigenvalue weighted by molar-refractivity contribution is -0.697. The predicted octanol–water partition coefficient (Wildman–Crippen LogP) is 3.01. The van der Waals surface area contributed by atoms with Gasteiger partial charge in [-0.15, -0.1) is 0 Å². The van der Waals surface area contributed by atoms with Crippen LogP contribution in [-0.2, 0) is 5.41 Å². The van der Waals surface area contributed by atoms with Crippen LogP contribution in [0.1, 0.15) is 72.3 Å². The van der Waals surface area contributed by atoms with Crippen LogP contribution >= 0.6 is 0 Å². The van der Waals surface area contributed by atoms with Crippen LogP contribution in [0.25, 0.3) is 0 Å². The fraction of sp³-hybridized carbons (Fsp3) is 0.739. The highest BCUT2D eigenvalue weighted by Gasteiger charge is 2.27. The molecule has 0 aliphatic heterocycles. The molecule has 1 aliphatic carbocycles. The summed E-state index contributed by atoms with van der Waals surface area (Å²) in [6.45, 7) is 12.4. The van der Waals surface area contributed by atoms with E-state index in [4.69, 9.17) is 4.74 Å². The Kier molecular flexibility index (Phi) is 7.73. The Balaban J connectivity index is 1.76. The van der Waals surface area contributed by atoms with Crippen molar-refractivity contribution in [3.05, 3.63) is 29.8 Å². The van der Waals surface area contributed by atoms with Gasteiger partial charge in [0.1, 0.15) is 25.0 Å². The van der Waals surface area contributed by atoms with Gasteiger partial charge in [-0.05, 0) is 47.8 Å². The number of ether oxygens (including phenoxy) is 1. The lowest BCUT2D eigenvalue weighted by Crippen LogP contribution is -2.92. The largest absolute Gasteiger partial charge is 0.491 e. The van der Waals surface area contributed by atoms with Crippen LogP contribution in [0.2, 0.25) is 0 Å². The summed E-state index contributed by atoms with van der Waals surface area (Å²) >= 11 is 0. The standard InChI is InChI=1S/C23H39NO3/c1-22(2,3)16-23(4,5)17-6-12-21(13-7-17)27-15-20(26)14-24-18-8-10-19(25)11-9-18/h6-7,12-13,18-20,24-26H,8-11,14-16H2,1-5H3/p+1/t18?,19?,20-/m1/s1. The summed E-state index contributed by atoms with van der Waals surface area (Å²) in [6.07, 6.45) is 4.33. The van der Waals surface area contributed by atoms with Crippen LogP contribution in [0.15, 0.2) is 24.3 Å². The van der Waals surface area contributed by atoms with Gasteiger partial charge in [-0.2, -0.15) is 0 Å².